The number of rotatable bonds is 4. The highest BCUT2D eigenvalue weighted by Gasteiger charge is 2.18. The van der Waals surface area contributed by atoms with Crippen molar-refractivity contribution in [3.8, 4) is 0 Å². The van der Waals surface area contributed by atoms with Crippen LogP contribution in [0, 0.1) is 5.92 Å². The van der Waals surface area contributed by atoms with Crippen LogP contribution in [0.25, 0.3) is 0 Å². The Morgan fingerprint density at radius 1 is 1.69 bits per heavy atom. The molecule has 0 aliphatic heterocycles. The molecular weight excluding hydrogens is 166 g/mol. The summed E-state index contributed by atoms with van der Waals surface area (Å²) in [5.41, 5.74) is 6.31. The number of nitrogens with one attached hydrogen (secondary N) is 1. The summed E-state index contributed by atoms with van der Waals surface area (Å²) >= 11 is 0. The Morgan fingerprint density at radius 3 is 2.85 bits per heavy atom. The van der Waals surface area contributed by atoms with Gasteiger partial charge in [-0.15, -0.1) is 0 Å². The van der Waals surface area contributed by atoms with Gasteiger partial charge in [0.05, 0.1) is 12.3 Å². The first kappa shape index (κ1) is 10.1. The average Bonchev–Trinajstić information content (AvgIpc) is 2.50. The Labute approximate surface area is 78.2 Å². The highest BCUT2D eigenvalue weighted by molar-refractivity contribution is 5.38. The molecule has 2 unspecified atom stereocenters. The third kappa shape index (κ3) is 2.21. The first-order chi connectivity index (χ1) is 6.16. The van der Waals surface area contributed by atoms with E-state index in [0.717, 1.165) is 12.8 Å². The summed E-state index contributed by atoms with van der Waals surface area (Å²) in [7, 11) is 0. The largest absolute Gasteiger partial charge is 0.388 e. The van der Waals surface area contributed by atoms with E-state index in [1.165, 1.54) is 0 Å². The van der Waals surface area contributed by atoms with E-state index in [9.17, 15) is 5.11 Å². The van der Waals surface area contributed by atoms with Crippen LogP contribution in [0.2, 0.25) is 0 Å². The maximum Gasteiger partial charge on any atom is 0.124 e. The second-order valence-corrected chi connectivity index (χ2v) is 3.45. The van der Waals surface area contributed by atoms with Gasteiger partial charge in [-0.3, -0.25) is 5.10 Å². The molecule has 13 heavy (non-hydrogen) atoms. The lowest BCUT2D eigenvalue weighted by Gasteiger charge is -2.17. The van der Waals surface area contributed by atoms with E-state index in [1.54, 1.807) is 6.20 Å². The molecule has 0 bridgehead atoms. The average molecular weight is 183 g/mol. The summed E-state index contributed by atoms with van der Waals surface area (Å²) in [4.78, 5) is 0. The van der Waals surface area contributed by atoms with Gasteiger partial charge in [0, 0.05) is 5.56 Å². The van der Waals surface area contributed by atoms with Crippen molar-refractivity contribution in [1.82, 2.24) is 10.2 Å². The van der Waals surface area contributed by atoms with Gasteiger partial charge < -0.3 is 10.8 Å². The van der Waals surface area contributed by atoms with E-state index in [-0.39, 0.29) is 5.92 Å². The molecule has 0 radical (unpaired) electrons. The van der Waals surface area contributed by atoms with Gasteiger partial charge in [-0.1, -0.05) is 20.3 Å². The maximum atomic E-state index is 9.85. The Bertz CT molecular complexity index is 259. The van der Waals surface area contributed by atoms with Crippen molar-refractivity contribution in [1.29, 1.82) is 0 Å². The second-order valence-electron chi connectivity index (χ2n) is 3.45. The zero-order valence-electron chi connectivity index (χ0n) is 8.12. The number of nitrogen functional groups attached to an aromatic ring is 1. The summed E-state index contributed by atoms with van der Waals surface area (Å²) in [6, 6.07) is 0. The highest BCUT2D eigenvalue weighted by atomic mass is 16.3. The minimum atomic E-state index is -0.501. The number of nitrogens with two attached hydrogens (primary N) is 1. The SMILES string of the molecule is CCCC(C)C(O)c1cn[nH]c1N. The lowest BCUT2D eigenvalue weighted by molar-refractivity contribution is 0.113. The molecule has 4 nitrogen and oxygen atoms in total. The molecule has 4 heteroatoms. The van der Waals surface area contributed by atoms with Crippen LogP contribution in [0.4, 0.5) is 5.82 Å². The molecule has 0 aliphatic carbocycles. The summed E-state index contributed by atoms with van der Waals surface area (Å²) in [6.07, 6.45) is 3.15. The molecule has 0 fully saturated rings. The summed E-state index contributed by atoms with van der Waals surface area (Å²) < 4.78 is 0. The molecule has 0 aliphatic rings. The second kappa shape index (κ2) is 4.28. The fourth-order valence-electron chi connectivity index (χ4n) is 1.46. The van der Waals surface area contributed by atoms with Crippen LogP contribution in [0.1, 0.15) is 38.4 Å². The summed E-state index contributed by atoms with van der Waals surface area (Å²) in [6.45, 7) is 4.11. The molecule has 0 amide bonds. The third-order valence-electron chi connectivity index (χ3n) is 2.30. The number of aromatic amines is 1. The van der Waals surface area contributed by atoms with Crippen LogP contribution in [0.15, 0.2) is 6.20 Å². The molecule has 2 atom stereocenters. The number of H-pyrrole nitrogens is 1. The van der Waals surface area contributed by atoms with Gasteiger partial charge in [-0.2, -0.15) is 5.10 Å². The van der Waals surface area contributed by atoms with Crippen LogP contribution in [-0.4, -0.2) is 15.3 Å². The number of aliphatic hydroxyl groups excluding tert-OH is 1. The monoisotopic (exact) mass is 183 g/mol. The number of aliphatic hydroxyl groups is 1. The smallest absolute Gasteiger partial charge is 0.124 e. The predicted octanol–water partition coefficient (Wildman–Crippen LogP) is 1.46. The van der Waals surface area contributed by atoms with Crippen LogP contribution in [-0.2, 0) is 0 Å². The molecule has 1 heterocycles. The van der Waals surface area contributed by atoms with Gasteiger partial charge in [0.15, 0.2) is 0 Å². The van der Waals surface area contributed by atoms with Crippen molar-refractivity contribution in [2.45, 2.75) is 32.8 Å². The molecule has 0 saturated heterocycles. The van der Waals surface area contributed by atoms with E-state index in [4.69, 9.17) is 5.73 Å². The first-order valence-electron chi connectivity index (χ1n) is 4.63. The summed E-state index contributed by atoms with van der Waals surface area (Å²) in [5.74, 6) is 0.695. The maximum absolute atomic E-state index is 9.85. The molecule has 0 spiro atoms. The van der Waals surface area contributed by atoms with Crippen molar-refractivity contribution in [2.75, 3.05) is 5.73 Å². The molecule has 1 rings (SSSR count). The van der Waals surface area contributed by atoms with E-state index >= 15 is 0 Å². The lowest BCUT2D eigenvalue weighted by atomic mass is 9.95. The number of aromatic nitrogens is 2. The molecule has 1 aromatic heterocycles. The van der Waals surface area contributed by atoms with Crippen molar-refractivity contribution in [2.24, 2.45) is 5.92 Å². The van der Waals surface area contributed by atoms with Gasteiger partial charge in [0.25, 0.3) is 0 Å². The van der Waals surface area contributed by atoms with Crippen LogP contribution in [0.3, 0.4) is 0 Å². The van der Waals surface area contributed by atoms with Gasteiger partial charge >= 0.3 is 0 Å². The molecule has 0 aromatic carbocycles. The third-order valence-corrected chi connectivity index (χ3v) is 2.30. The van der Waals surface area contributed by atoms with Crippen molar-refractivity contribution in [3.63, 3.8) is 0 Å². The van der Waals surface area contributed by atoms with Crippen molar-refractivity contribution in [3.05, 3.63) is 11.8 Å². The van der Waals surface area contributed by atoms with E-state index < -0.39 is 6.10 Å². The highest BCUT2D eigenvalue weighted by Crippen LogP contribution is 2.27. The van der Waals surface area contributed by atoms with E-state index in [2.05, 4.69) is 17.1 Å². The number of anilines is 1. The Kier molecular flexibility index (Phi) is 3.31. The minimum Gasteiger partial charge on any atom is -0.388 e. The van der Waals surface area contributed by atoms with Crippen LogP contribution < -0.4 is 5.73 Å². The predicted molar refractivity (Wildman–Crippen MR) is 52.0 cm³/mol. The van der Waals surface area contributed by atoms with Gasteiger partial charge in [-0.25, -0.2) is 0 Å². The van der Waals surface area contributed by atoms with Crippen LogP contribution in [0.5, 0.6) is 0 Å². The van der Waals surface area contributed by atoms with E-state index in [1.807, 2.05) is 6.92 Å². The first-order valence-corrected chi connectivity index (χ1v) is 4.63. The van der Waals surface area contributed by atoms with Gasteiger partial charge in [0.2, 0.25) is 0 Å². The summed E-state index contributed by atoms with van der Waals surface area (Å²) in [5, 5.41) is 16.2. The Morgan fingerprint density at radius 2 is 2.38 bits per heavy atom. The Balaban J connectivity index is 2.67. The Hall–Kier alpha value is -1.03. The molecule has 1 aromatic rings. The van der Waals surface area contributed by atoms with Crippen molar-refractivity contribution < 1.29 is 5.11 Å². The van der Waals surface area contributed by atoms with Gasteiger partial charge in [-0.05, 0) is 12.3 Å². The molecule has 74 valence electrons. The fraction of sp³-hybridized carbons (Fsp3) is 0.667. The zero-order valence-corrected chi connectivity index (χ0v) is 8.12. The normalized spacial score (nSPS) is 15.6. The van der Waals surface area contributed by atoms with E-state index in [0.29, 0.717) is 11.4 Å². The lowest BCUT2D eigenvalue weighted by Crippen LogP contribution is -2.09. The molecule has 0 saturated carbocycles. The van der Waals surface area contributed by atoms with Gasteiger partial charge in [0.1, 0.15) is 5.82 Å². The number of nitrogens with zero attached hydrogens (tertiary/aromatic N) is 1. The van der Waals surface area contributed by atoms with Crippen molar-refractivity contribution >= 4 is 5.82 Å². The van der Waals surface area contributed by atoms with Crippen LogP contribution >= 0.6 is 0 Å². The standard InChI is InChI=1S/C9H17N3O/c1-3-4-6(2)8(13)7-5-11-12-9(7)10/h5-6,8,13H,3-4H2,1-2H3,(H3,10,11,12). The number of hydrogen-bond donors (Lipinski definition) is 3. The number of hydrogen-bond acceptors (Lipinski definition) is 3. The molecule has 4 N–H and O–H groups in total. The quantitative estimate of drug-likeness (QED) is 0.661. The zero-order chi connectivity index (χ0) is 9.84. The molecular formula is C9H17N3O. The topological polar surface area (TPSA) is 74.9 Å². The minimum absolute atomic E-state index is 0.227. The fourth-order valence-corrected chi connectivity index (χ4v) is 1.46.